The zero-order chi connectivity index (χ0) is 13.9. The molecule has 0 amide bonds. The van der Waals surface area contributed by atoms with Gasteiger partial charge in [-0.2, -0.15) is 5.10 Å². The van der Waals surface area contributed by atoms with Crippen molar-refractivity contribution in [1.29, 1.82) is 0 Å². The van der Waals surface area contributed by atoms with E-state index in [4.69, 9.17) is 12.2 Å². The number of rotatable bonds is 3. The number of nitrogens with zero attached hydrogens (tertiary/aromatic N) is 2. The number of hydrogen-bond donors (Lipinski definition) is 1. The Labute approximate surface area is 125 Å². The molecule has 0 atom stereocenters. The molecule has 0 aliphatic heterocycles. The number of nitrogens with one attached hydrogen (secondary N) is 1. The summed E-state index contributed by atoms with van der Waals surface area (Å²) in [5.74, 6) is 1.88. The van der Waals surface area contributed by atoms with Gasteiger partial charge >= 0.3 is 0 Å². The van der Waals surface area contributed by atoms with E-state index in [-0.39, 0.29) is 0 Å². The molecular weight excluding hydrogens is 266 g/mol. The van der Waals surface area contributed by atoms with Gasteiger partial charge in [-0.15, -0.1) is 0 Å². The Hall–Kier alpha value is -1.42. The molecule has 1 aliphatic rings. The van der Waals surface area contributed by atoms with Crippen LogP contribution < -0.4 is 0 Å². The SMILES string of the molecule is CCC1CCC(n2c(-c3ccccc3)n[nH]c2=S)CC1. The van der Waals surface area contributed by atoms with Gasteiger partial charge in [-0.05, 0) is 43.8 Å². The molecule has 1 N–H and O–H groups in total. The predicted octanol–water partition coefficient (Wildman–Crippen LogP) is 4.75. The van der Waals surface area contributed by atoms with E-state index in [0.717, 1.165) is 22.1 Å². The summed E-state index contributed by atoms with van der Waals surface area (Å²) in [5.41, 5.74) is 1.14. The highest BCUT2D eigenvalue weighted by molar-refractivity contribution is 7.71. The highest BCUT2D eigenvalue weighted by Gasteiger charge is 2.24. The molecule has 3 rings (SSSR count). The Bertz CT molecular complexity index is 606. The highest BCUT2D eigenvalue weighted by atomic mass is 32.1. The highest BCUT2D eigenvalue weighted by Crippen LogP contribution is 2.35. The van der Waals surface area contributed by atoms with Crippen molar-refractivity contribution in [2.24, 2.45) is 5.92 Å². The van der Waals surface area contributed by atoms with E-state index in [9.17, 15) is 0 Å². The lowest BCUT2D eigenvalue weighted by Gasteiger charge is -2.29. The van der Waals surface area contributed by atoms with E-state index in [2.05, 4.69) is 33.8 Å². The minimum absolute atomic E-state index is 0.499. The molecule has 1 aliphatic carbocycles. The lowest BCUT2D eigenvalue weighted by Crippen LogP contribution is -2.18. The number of hydrogen-bond acceptors (Lipinski definition) is 2. The summed E-state index contributed by atoms with van der Waals surface area (Å²) < 4.78 is 2.99. The quantitative estimate of drug-likeness (QED) is 0.827. The van der Waals surface area contributed by atoms with Gasteiger partial charge in [0.05, 0.1) is 0 Å². The van der Waals surface area contributed by atoms with Gasteiger partial charge in [0.15, 0.2) is 10.6 Å². The van der Waals surface area contributed by atoms with Crippen LogP contribution in [0.25, 0.3) is 11.4 Å². The van der Waals surface area contributed by atoms with Gasteiger partial charge in [0.1, 0.15) is 0 Å². The molecule has 1 aromatic carbocycles. The molecule has 0 bridgehead atoms. The number of H-pyrrole nitrogens is 1. The molecule has 0 unspecified atom stereocenters. The van der Waals surface area contributed by atoms with Gasteiger partial charge in [-0.3, -0.25) is 9.67 Å². The van der Waals surface area contributed by atoms with Gasteiger partial charge in [-0.25, -0.2) is 0 Å². The molecule has 20 heavy (non-hydrogen) atoms. The standard InChI is InChI=1S/C16H21N3S/c1-2-12-8-10-14(11-9-12)19-15(17-18-16(19)20)13-6-4-3-5-7-13/h3-7,12,14H,2,8-11H2,1H3,(H,18,20). The Balaban J connectivity index is 1.91. The van der Waals surface area contributed by atoms with Crippen molar-refractivity contribution in [3.8, 4) is 11.4 Å². The van der Waals surface area contributed by atoms with E-state index in [0.29, 0.717) is 6.04 Å². The second-order valence-electron chi connectivity index (χ2n) is 5.67. The molecule has 0 spiro atoms. The second kappa shape index (κ2) is 5.92. The van der Waals surface area contributed by atoms with E-state index in [1.165, 1.54) is 32.1 Å². The smallest absolute Gasteiger partial charge is 0.195 e. The zero-order valence-corrected chi connectivity index (χ0v) is 12.7. The van der Waals surface area contributed by atoms with Gasteiger partial charge < -0.3 is 0 Å². The summed E-state index contributed by atoms with van der Waals surface area (Å²) in [4.78, 5) is 0. The molecule has 2 aromatic rings. The van der Waals surface area contributed by atoms with Crippen LogP contribution in [0.2, 0.25) is 0 Å². The molecule has 0 radical (unpaired) electrons. The van der Waals surface area contributed by atoms with Crippen molar-refractivity contribution in [2.45, 2.75) is 45.1 Å². The Kier molecular flexibility index (Phi) is 4.01. The topological polar surface area (TPSA) is 33.6 Å². The van der Waals surface area contributed by atoms with Crippen LogP contribution in [0, 0.1) is 10.7 Å². The maximum absolute atomic E-state index is 5.46. The van der Waals surface area contributed by atoms with Crippen molar-refractivity contribution >= 4 is 12.2 Å². The Morgan fingerprint density at radius 2 is 1.90 bits per heavy atom. The molecule has 1 fully saturated rings. The lowest BCUT2D eigenvalue weighted by atomic mass is 9.84. The summed E-state index contributed by atoms with van der Waals surface area (Å²) in [6.07, 6.45) is 6.35. The summed E-state index contributed by atoms with van der Waals surface area (Å²) in [6, 6.07) is 10.8. The third kappa shape index (κ3) is 2.57. The molecule has 3 nitrogen and oxygen atoms in total. The van der Waals surface area contributed by atoms with Crippen LogP contribution in [0.5, 0.6) is 0 Å². The average molecular weight is 287 g/mol. The molecule has 1 saturated carbocycles. The van der Waals surface area contributed by atoms with E-state index < -0.39 is 0 Å². The molecule has 0 saturated heterocycles. The van der Waals surface area contributed by atoms with Crippen LogP contribution in [0.3, 0.4) is 0 Å². The number of benzene rings is 1. The van der Waals surface area contributed by atoms with Crippen LogP contribution in [-0.4, -0.2) is 14.8 Å². The van der Waals surface area contributed by atoms with Gasteiger partial charge in [0.2, 0.25) is 0 Å². The van der Waals surface area contributed by atoms with Crippen LogP contribution in [0.1, 0.15) is 45.1 Å². The molecule has 4 heteroatoms. The van der Waals surface area contributed by atoms with E-state index in [1.807, 2.05) is 18.2 Å². The summed E-state index contributed by atoms with van der Waals surface area (Å²) in [6.45, 7) is 2.30. The fraction of sp³-hybridized carbons (Fsp3) is 0.500. The third-order valence-corrected chi connectivity index (χ3v) is 4.78. The van der Waals surface area contributed by atoms with E-state index in [1.54, 1.807) is 0 Å². The lowest BCUT2D eigenvalue weighted by molar-refractivity contribution is 0.269. The summed E-state index contributed by atoms with van der Waals surface area (Å²) in [5, 5.41) is 7.42. The van der Waals surface area contributed by atoms with Crippen LogP contribution in [0.15, 0.2) is 30.3 Å². The fourth-order valence-corrected chi connectivity index (χ4v) is 3.53. The zero-order valence-electron chi connectivity index (χ0n) is 11.9. The van der Waals surface area contributed by atoms with Crippen molar-refractivity contribution in [3.63, 3.8) is 0 Å². The minimum atomic E-state index is 0.499. The van der Waals surface area contributed by atoms with Crippen molar-refractivity contribution in [2.75, 3.05) is 0 Å². The van der Waals surface area contributed by atoms with Gasteiger partial charge in [0, 0.05) is 11.6 Å². The van der Waals surface area contributed by atoms with E-state index >= 15 is 0 Å². The predicted molar refractivity (Wildman–Crippen MR) is 84.1 cm³/mol. The largest absolute Gasteiger partial charge is 0.297 e. The van der Waals surface area contributed by atoms with Crippen LogP contribution in [-0.2, 0) is 0 Å². The van der Waals surface area contributed by atoms with Crippen molar-refractivity contribution < 1.29 is 0 Å². The first kappa shape index (κ1) is 13.6. The molecular formula is C16H21N3S. The Morgan fingerprint density at radius 3 is 2.55 bits per heavy atom. The first-order valence-corrected chi connectivity index (χ1v) is 7.92. The van der Waals surface area contributed by atoms with Crippen molar-refractivity contribution in [3.05, 3.63) is 35.1 Å². The third-order valence-electron chi connectivity index (χ3n) is 4.50. The number of aromatic amines is 1. The summed E-state index contributed by atoms with van der Waals surface area (Å²) >= 11 is 5.46. The maximum atomic E-state index is 5.46. The monoisotopic (exact) mass is 287 g/mol. The molecule has 1 aromatic heterocycles. The van der Waals surface area contributed by atoms with Crippen molar-refractivity contribution in [1.82, 2.24) is 14.8 Å². The second-order valence-corrected chi connectivity index (χ2v) is 6.06. The normalized spacial score (nSPS) is 22.9. The van der Waals surface area contributed by atoms with Gasteiger partial charge in [0.25, 0.3) is 0 Å². The maximum Gasteiger partial charge on any atom is 0.195 e. The molecule has 106 valence electrons. The van der Waals surface area contributed by atoms with Crippen LogP contribution in [0.4, 0.5) is 0 Å². The molecule has 1 heterocycles. The number of aromatic nitrogens is 3. The Morgan fingerprint density at radius 1 is 1.20 bits per heavy atom. The van der Waals surface area contributed by atoms with Crippen LogP contribution >= 0.6 is 12.2 Å². The van der Waals surface area contributed by atoms with Gasteiger partial charge in [-0.1, -0.05) is 43.7 Å². The first-order valence-electron chi connectivity index (χ1n) is 7.52. The summed E-state index contributed by atoms with van der Waals surface area (Å²) in [7, 11) is 0. The average Bonchev–Trinajstić information content (AvgIpc) is 2.90. The minimum Gasteiger partial charge on any atom is -0.297 e. The first-order chi connectivity index (χ1) is 9.79. The fourth-order valence-electron chi connectivity index (χ4n) is 3.25.